The molecule has 0 saturated carbocycles. The molecule has 1 nitrogen and oxygen atoms in total. The van der Waals surface area contributed by atoms with Crippen molar-refractivity contribution >= 4 is 5.78 Å². The average Bonchev–Trinajstić information content (AvgIpc) is 1.65. The van der Waals surface area contributed by atoms with Gasteiger partial charge in [0.15, 0.2) is 0 Å². The van der Waals surface area contributed by atoms with Crippen LogP contribution in [0.15, 0.2) is 0 Å². The van der Waals surface area contributed by atoms with E-state index in [4.69, 9.17) is 0 Å². The summed E-state index contributed by atoms with van der Waals surface area (Å²) in [7, 11) is 0. The molecule has 0 spiro atoms. The largest absolute Gasteiger partial charge is 0.300 e. The fraction of sp³-hybridized carbons (Fsp3) is 0.400. The standard InChI is InChI=1S/C5H8O/c1-3-5(6)4-2/h1-4H2. The number of Topliss-reactive ketones (excluding diaryl/α,β-unsaturated/α-hetero) is 1. The van der Waals surface area contributed by atoms with E-state index in [0.29, 0.717) is 12.8 Å². The van der Waals surface area contributed by atoms with Crippen LogP contribution in [0.5, 0.6) is 0 Å². The van der Waals surface area contributed by atoms with Crippen molar-refractivity contribution in [2.45, 2.75) is 12.8 Å². The molecule has 2 radical (unpaired) electrons. The van der Waals surface area contributed by atoms with Crippen LogP contribution in [0.3, 0.4) is 0 Å². The van der Waals surface area contributed by atoms with Crippen molar-refractivity contribution < 1.29 is 4.79 Å². The number of carbonyl (C=O) groups is 1. The van der Waals surface area contributed by atoms with Crippen molar-refractivity contribution in [1.82, 2.24) is 0 Å². The first-order chi connectivity index (χ1) is 2.81. The van der Waals surface area contributed by atoms with Crippen molar-refractivity contribution in [3.05, 3.63) is 13.8 Å². The first-order valence-electron chi connectivity index (χ1n) is 1.91. The van der Waals surface area contributed by atoms with Gasteiger partial charge in [0.25, 0.3) is 0 Å². The van der Waals surface area contributed by atoms with E-state index in [1.807, 2.05) is 0 Å². The molecule has 0 saturated heterocycles. The Hall–Kier alpha value is -0.330. The van der Waals surface area contributed by atoms with Gasteiger partial charge >= 0.3 is 0 Å². The molecular formula is C5H8O. The first kappa shape index (κ1) is 5.67. The van der Waals surface area contributed by atoms with Gasteiger partial charge in [-0.25, -0.2) is 0 Å². The molecule has 0 aromatic rings. The Morgan fingerprint density at radius 3 is 1.67 bits per heavy atom. The third-order valence-corrected chi connectivity index (χ3v) is 0.558. The third-order valence-electron chi connectivity index (χ3n) is 0.558. The van der Waals surface area contributed by atoms with Gasteiger partial charge in [0.05, 0.1) is 0 Å². The van der Waals surface area contributed by atoms with Gasteiger partial charge in [0, 0.05) is 12.8 Å². The van der Waals surface area contributed by atoms with Crippen molar-refractivity contribution in [2.75, 3.05) is 0 Å². The zero-order valence-corrected chi connectivity index (χ0v) is 3.74. The SMILES string of the molecule is [CH2]CC(=O)C[CH2]. The molecule has 6 heavy (non-hydrogen) atoms. The second kappa shape index (κ2) is 2.88. The minimum absolute atomic E-state index is 0.120. The summed E-state index contributed by atoms with van der Waals surface area (Å²) in [6.07, 6.45) is 0.757. The van der Waals surface area contributed by atoms with Crippen LogP contribution in [0.2, 0.25) is 0 Å². The minimum atomic E-state index is 0.120. The van der Waals surface area contributed by atoms with E-state index >= 15 is 0 Å². The Labute approximate surface area is 38.4 Å². The fourth-order valence-corrected chi connectivity index (χ4v) is 0.125. The summed E-state index contributed by atoms with van der Waals surface area (Å²) in [5.74, 6) is 0.120. The Morgan fingerprint density at radius 2 is 1.67 bits per heavy atom. The Balaban J connectivity index is 2.99. The predicted molar refractivity (Wildman–Crippen MR) is 25.0 cm³/mol. The molecule has 0 aliphatic carbocycles. The summed E-state index contributed by atoms with van der Waals surface area (Å²) < 4.78 is 0. The van der Waals surface area contributed by atoms with Gasteiger partial charge in [-0.1, -0.05) is 0 Å². The molecule has 34 valence electrons. The zero-order valence-electron chi connectivity index (χ0n) is 3.74. The minimum Gasteiger partial charge on any atom is -0.300 e. The van der Waals surface area contributed by atoms with E-state index in [-0.39, 0.29) is 5.78 Å². The normalized spacial score (nSPS) is 8.33. The van der Waals surface area contributed by atoms with E-state index in [1.165, 1.54) is 0 Å². The zero-order chi connectivity index (χ0) is 4.99. The molecule has 0 amide bonds. The summed E-state index contributed by atoms with van der Waals surface area (Å²) in [6, 6.07) is 0. The van der Waals surface area contributed by atoms with Crippen molar-refractivity contribution in [1.29, 1.82) is 0 Å². The van der Waals surface area contributed by atoms with Crippen molar-refractivity contribution in [3.8, 4) is 0 Å². The van der Waals surface area contributed by atoms with Crippen LogP contribution >= 0.6 is 0 Å². The lowest BCUT2D eigenvalue weighted by molar-refractivity contribution is -0.117. The number of carbonyl (C=O) groups excluding carboxylic acids is 1. The van der Waals surface area contributed by atoms with Crippen molar-refractivity contribution in [2.24, 2.45) is 0 Å². The molecule has 0 N–H and O–H groups in total. The number of ketones is 1. The Kier molecular flexibility index (Phi) is 2.73. The van der Waals surface area contributed by atoms with Gasteiger partial charge in [-0.2, -0.15) is 0 Å². The highest BCUT2D eigenvalue weighted by Crippen LogP contribution is 1.81. The monoisotopic (exact) mass is 84.1 g/mol. The van der Waals surface area contributed by atoms with Gasteiger partial charge in [-0.05, 0) is 13.8 Å². The van der Waals surface area contributed by atoms with Crippen LogP contribution in [-0.2, 0) is 4.79 Å². The predicted octanol–water partition coefficient (Wildman–Crippen LogP) is 1.00. The lowest BCUT2D eigenvalue weighted by Gasteiger charge is -1.81. The van der Waals surface area contributed by atoms with Crippen LogP contribution in [-0.4, -0.2) is 5.78 Å². The third kappa shape index (κ3) is 1.94. The van der Waals surface area contributed by atoms with E-state index < -0.39 is 0 Å². The Morgan fingerprint density at radius 1 is 1.33 bits per heavy atom. The van der Waals surface area contributed by atoms with Crippen LogP contribution in [0.25, 0.3) is 0 Å². The number of rotatable bonds is 2. The molecular weight excluding hydrogens is 76.1 g/mol. The molecule has 0 heterocycles. The highest BCUT2D eigenvalue weighted by molar-refractivity contribution is 5.79. The second-order valence-electron chi connectivity index (χ2n) is 1.04. The molecule has 0 rings (SSSR count). The smallest absolute Gasteiger partial charge is 0.132 e. The maximum atomic E-state index is 10.1. The number of hydrogen-bond acceptors (Lipinski definition) is 1. The lowest BCUT2D eigenvalue weighted by Crippen LogP contribution is -1.88. The topological polar surface area (TPSA) is 17.1 Å². The fourth-order valence-electron chi connectivity index (χ4n) is 0.125. The van der Waals surface area contributed by atoms with Crippen LogP contribution in [0, 0.1) is 13.8 Å². The van der Waals surface area contributed by atoms with E-state index in [0.717, 1.165) is 0 Å². The molecule has 0 atom stereocenters. The molecule has 0 bridgehead atoms. The Bertz CT molecular complexity index is 41.9. The molecule has 0 aliphatic rings. The van der Waals surface area contributed by atoms with E-state index in [9.17, 15) is 4.79 Å². The van der Waals surface area contributed by atoms with Gasteiger partial charge < -0.3 is 0 Å². The van der Waals surface area contributed by atoms with Crippen LogP contribution in [0.1, 0.15) is 12.8 Å². The summed E-state index contributed by atoms with van der Waals surface area (Å²) in [5, 5.41) is 0. The number of hydrogen-bond donors (Lipinski definition) is 0. The lowest BCUT2D eigenvalue weighted by atomic mass is 10.3. The second-order valence-corrected chi connectivity index (χ2v) is 1.04. The van der Waals surface area contributed by atoms with Crippen LogP contribution < -0.4 is 0 Å². The summed E-state index contributed by atoms with van der Waals surface area (Å²) in [4.78, 5) is 10.1. The van der Waals surface area contributed by atoms with Gasteiger partial charge in [-0.15, -0.1) is 0 Å². The van der Waals surface area contributed by atoms with Gasteiger partial charge in [0.1, 0.15) is 5.78 Å². The first-order valence-corrected chi connectivity index (χ1v) is 1.91. The molecule has 0 aromatic heterocycles. The molecule has 0 fully saturated rings. The molecule has 0 aromatic carbocycles. The molecule has 0 aliphatic heterocycles. The maximum Gasteiger partial charge on any atom is 0.132 e. The highest BCUT2D eigenvalue weighted by Gasteiger charge is 1.87. The molecule has 1 heteroatoms. The maximum absolute atomic E-state index is 10.1. The average molecular weight is 84.1 g/mol. The summed E-state index contributed by atoms with van der Waals surface area (Å²) >= 11 is 0. The summed E-state index contributed by atoms with van der Waals surface area (Å²) in [6.45, 7) is 6.73. The highest BCUT2D eigenvalue weighted by atomic mass is 16.1. The van der Waals surface area contributed by atoms with Gasteiger partial charge in [0.2, 0.25) is 0 Å². The quantitative estimate of drug-likeness (QED) is 0.488. The molecule has 0 unspecified atom stereocenters. The van der Waals surface area contributed by atoms with Crippen LogP contribution in [0.4, 0.5) is 0 Å². The van der Waals surface area contributed by atoms with Crippen molar-refractivity contribution in [3.63, 3.8) is 0 Å². The van der Waals surface area contributed by atoms with E-state index in [2.05, 4.69) is 13.8 Å². The van der Waals surface area contributed by atoms with E-state index in [1.54, 1.807) is 0 Å². The summed E-state index contributed by atoms with van der Waals surface area (Å²) in [5.41, 5.74) is 0. The van der Waals surface area contributed by atoms with Gasteiger partial charge in [-0.3, -0.25) is 4.79 Å².